The minimum absolute atomic E-state index is 0.106. The van der Waals surface area contributed by atoms with Gasteiger partial charge in [-0.1, -0.05) is 29.8 Å². The molecule has 3 nitrogen and oxygen atoms in total. The molecule has 2 aromatic carbocycles. The number of thioether (sulfide) groups is 1. The number of hydrogen-bond donors (Lipinski definition) is 0. The van der Waals surface area contributed by atoms with Gasteiger partial charge in [0.05, 0.1) is 10.6 Å². The van der Waals surface area contributed by atoms with E-state index in [-0.39, 0.29) is 11.7 Å². The number of amides is 1. The van der Waals surface area contributed by atoms with E-state index in [1.165, 1.54) is 28.8 Å². The molecule has 0 aromatic heterocycles. The Morgan fingerprint density at radius 2 is 1.74 bits per heavy atom. The van der Waals surface area contributed by atoms with Crippen LogP contribution in [-0.2, 0) is 4.79 Å². The van der Waals surface area contributed by atoms with Crippen LogP contribution in [-0.4, -0.2) is 23.0 Å². The van der Waals surface area contributed by atoms with Crippen molar-refractivity contribution in [2.45, 2.75) is 6.92 Å². The third kappa shape index (κ3) is 3.51. The van der Waals surface area contributed by atoms with Crippen LogP contribution < -0.4 is 0 Å². The predicted molar refractivity (Wildman–Crippen MR) is 93.0 cm³/mol. The number of carbonyl (C=O) groups is 1. The first-order chi connectivity index (χ1) is 11.0. The average Bonchev–Trinajstić information content (AvgIpc) is 2.80. The fraction of sp³-hybridized carbons (Fsp3) is 0.111. The van der Waals surface area contributed by atoms with Gasteiger partial charge in [0.1, 0.15) is 5.82 Å². The molecule has 1 heterocycles. The standard InChI is InChI=1S/C18H15FN2OS/c1-12-3-9-15(10-4-12)20-18-21(2)17(22)16(23-18)11-13-5-7-14(19)8-6-13/h3-11H,1-2H3/b16-11+,20-18?. The van der Waals surface area contributed by atoms with Crippen molar-refractivity contribution in [3.05, 3.63) is 70.4 Å². The smallest absolute Gasteiger partial charge is 0.266 e. The second-order valence-corrected chi connectivity index (χ2v) is 6.27. The third-order valence-electron chi connectivity index (χ3n) is 3.43. The van der Waals surface area contributed by atoms with E-state index in [0.29, 0.717) is 10.1 Å². The number of carbonyl (C=O) groups excluding carboxylic acids is 1. The largest absolute Gasteiger partial charge is 0.290 e. The molecule has 0 spiro atoms. The van der Waals surface area contributed by atoms with Gasteiger partial charge in [0.2, 0.25) is 0 Å². The summed E-state index contributed by atoms with van der Waals surface area (Å²) in [5.74, 6) is -0.401. The Kier molecular flexibility index (Phi) is 4.30. The van der Waals surface area contributed by atoms with Gasteiger partial charge in [-0.2, -0.15) is 0 Å². The van der Waals surface area contributed by atoms with Gasteiger partial charge >= 0.3 is 0 Å². The van der Waals surface area contributed by atoms with Crippen molar-refractivity contribution >= 4 is 34.6 Å². The van der Waals surface area contributed by atoms with E-state index in [1.54, 1.807) is 25.3 Å². The Bertz CT molecular complexity index is 795. The monoisotopic (exact) mass is 326 g/mol. The second-order valence-electron chi connectivity index (χ2n) is 5.26. The van der Waals surface area contributed by atoms with Crippen LogP contribution in [0, 0.1) is 12.7 Å². The van der Waals surface area contributed by atoms with Crippen LogP contribution in [0.2, 0.25) is 0 Å². The maximum Gasteiger partial charge on any atom is 0.266 e. The number of hydrogen-bond acceptors (Lipinski definition) is 3. The summed E-state index contributed by atoms with van der Waals surface area (Å²) in [5, 5.41) is 0.632. The molecule has 1 aliphatic heterocycles. The van der Waals surface area contributed by atoms with Crippen molar-refractivity contribution in [3.8, 4) is 0 Å². The molecule has 0 aliphatic carbocycles. The number of halogens is 1. The summed E-state index contributed by atoms with van der Waals surface area (Å²) in [6, 6.07) is 13.8. The number of amidine groups is 1. The van der Waals surface area contributed by atoms with Gasteiger partial charge in [0.15, 0.2) is 5.17 Å². The molecule has 0 saturated carbocycles. The molecule has 1 saturated heterocycles. The second kappa shape index (κ2) is 6.38. The van der Waals surface area contributed by atoms with Crippen LogP contribution in [0.1, 0.15) is 11.1 Å². The molecule has 0 N–H and O–H groups in total. The molecular formula is C18H15FN2OS. The van der Waals surface area contributed by atoms with Crippen LogP contribution in [0.25, 0.3) is 6.08 Å². The Morgan fingerprint density at radius 1 is 1.09 bits per heavy atom. The number of aryl methyl sites for hydroxylation is 1. The Morgan fingerprint density at radius 3 is 2.39 bits per heavy atom. The highest BCUT2D eigenvalue weighted by atomic mass is 32.2. The lowest BCUT2D eigenvalue weighted by Crippen LogP contribution is -2.23. The van der Waals surface area contributed by atoms with Crippen LogP contribution in [0.15, 0.2) is 58.4 Å². The molecule has 116 valence electrons. The molecule has 0 unspecified atom stereocenters. The summed E-state index contributed by atoms with van der Waals surface area (Å²) in [5.41, 5.74) is 2.75. The summed E-state index contributed by atoms with van der Waals surface area (Å²) in [6.45, 7) is 2.01. The minimum atomic E-state index is -0.295. The van der Waals surface area contributed by atoms with Gasteiger partial charge in [-0.3, -0.25) is 9.69 Å². The molecule has 1 amide bonds. The van der Waals surface area contributed by atoms with Gasteiger partial charge in [-0.25, -0.2) is 9.38 Å². The molecule has 0 atom stereocenters. The number of benzene rings is 2. The van der Waals surface area contributed by atoms with Gasteiger partial charge < -0.3 is 0 Å². The molecule has 0 bridgehead atoms. The van der Waals surface area contributed by atoms with E-state index >= 15 is 0 Å². The Labute approximate surface area is 138 Å². The van der Waals surface area contributed by atoms with Crippen molar-refractivity contribution in [1.82, 2.24) is 4.90 Å². The zero-order valence-corrected chi connectivity index (χ0v) is 13.6. The van der Waals surface area contributed by atoms with E-state index in [9.17, 15) is 9.18 Å². The van der Waals surface area contributed by atoms with Crippen molar-refractivity contribution in [2.24, 2.45) is 4.99 Å². The lowest BCUT2D eigenvalue weighted by molar-refractivity contribution is -0.121. The lowest BCUT2D eigenvalue weighted by atomic mass is 10.2. The van der Waals surface area contributed by atoms with E-state index < -0.39 is 0 Å². The maximum atomic E-state index is 13.0. The van der Waals surface area contributed by atoms with E-state index in [0.717, 1.165) is 16.8 Å². The molecule has 2 aromatic rings. The fourth-order valence-electron chi connectivity index (χ4n) is 2.09. The van der Waals surface area contributed by atoms with Crippen molar-refractivity contribution < 1.29 is 9.18 Å². The first-order valence-corrected chi connectivity index (χ1v) is 7.93. The molecule has 0 radical (unpaired) electrons. The van der Waals surface area contributed by atoms with Crippen molar-refractivity contribution in [1.29, 1.82) is 0 Å². The number of likely N-dealkylation sites (N-methyl/N-ethyl adjacent to an activating group) is 1. The predicted octanol–water partition coefficient (Wildman–Crippen LogP) is 4.37. The molecule has 1 fully saturated rings. The first-order valence-electron chi connectivity index (χ1n) is 7.11. The normalized spacial score (nSPS) is 18.2. The Hall–Kier alpha value is -2.40. The summed E-state index contributed by atoms with van der Waals surface area (Å²) < 4.78 is 13.0. The van der Waals surface area contributed by atoms with Crippen LogP contribution in [0.3, 0.4) is 0 Å². The summed E-state index contributed by atoms with van der Waals surface area (Å²) in [4.78, 5) is 18.9. The lowest BCUT2D eigenvalue weighted by Gasteiger charge is -2.07. The summed E-state index contributed by atoms with van der Waals surface area (Å²) in [6.07, 6.45) is 1.75. The van der Waals surface area contributed by atoms with Gasteiger partial charge in [-0.05, 0) is 54.6 Å². The fourth-order valence-corrected chi connectivity index (χ4v) is 3.08. The van der Waals surface area contributed by atoms with Crippen LogP contribution in [0.4, 0.5) is 10.1 Å². The zero-order chi connectivity index (χ0) is 16.4. The summed E-state index contributed by atoms with van der Waals surface area (Å²) >= 11 is 1.32. The third-order valence-corrected chi connectivity index (χ3v) is 4.49. The molecule has 1 aliphatic rings. The van der Waals surface area contributed by atoms with Crippen LogP contribution in [0.5, 0.6) is 0 Å². The van der Waals surface area contributed by atoms with E-state index in [2.05, 4.69) is 4.99 Å². The van der Waals surface area contributed by atoms with E-state index in [4.69, 9.17) is 0 Å². The first kappa shape index (κ1) is 15.5. The highest BCUT2D eigenvalue weighted by Crippen LogP contribution is 2.33. The molecular weight excluding hydrogens is 311 g/mol. The maximum absolute atomic E-state index is 13.0. The van der Waals surface area contributed by atoms with Crippen LogP contribution >= 0.6 is 11.8 Å². The zero-order valence-electron chi connectivity index (χ0n) is 12.8. The molecule has 3 rings (SSSR count). The number of nitrogens with zero attached hydrogens (tertiary/aromatic N) is 2. The SMILES string of the molecule is Cc1ccc(N=C2S/C(=C/c3ccc(F)cc3)C(=O)N2C)cc1. The summed E-state index contributed by atoms with van der Waals surface area (Å²) in [7, 11) is 1.70. The van der Waals surface area contributed by atoms with Crippen molar-refractivity contribution in [3.63, 3.8) is 0 Å². The van der Waals surface area contributed by atoms with Gasteiger partial charge in [0, 0.05) is 7.05 Å². The van der Waals surface area contributed by atoms with Gasteiger partial charge in [-0.15, -0.1) is 0 Å². The molecule has 23 heavy (non-hydrogen) atoms. The quantitative estimate of drug-likeness (QED) is 0.768. The molecule has 5 heteroatoms. The number of aliphatic imine (C=N–C) groups is 1. The minimum Gasteiger partial charge on any atom is -0.290 e. The number of rotatable bonds is 2. The topological polar surface area (TPSA) is 32.7 Å². The average molecular weight is 326 g/mol. The Balaban J connectivity index is 1.87. The van der Waals surface area contributed by atoms with Gasteiger partial charge in [0.25, 0.3) is 5.91 Å². The van der Waals surface area contributed by atoms with E-state index in [1.807, 2.05) is 31.2 Å². The highest BCUT2D eigenvalue weighted by molar-refractivity contribution is 8.18. The highest BCUT2D eigenvalue weighted by Gasteiger charge is 2.30. The van der Waals surface area contributed by atoms with Crippen molar-refractivity contribution in [2.75, 3.05) is 7.05 Å².